The molecule has 0 amide bonds. The quantitative estimate of drug-likeness (QED) is 0.408. The summed E-state index contributed by atoms with van der Waals surface area (Å²) in [5.74, 6) is 1.70. The molecule has 3 rings (SSSR count). The summed E-state index contributed by atoms with van der Waals surface area (Å²) in [4.78, 5) is 1.32. The van der Waals surface area contributed by atoms with Gasteiger partial charge in [-0.25, -0.2) is 0 Å². The first-order valence-electron chi connectivity index (χ1n) is 7.62. The lowest BCUT2D eigenvalue weighted by Crippen LogP contribution is -2.05. The summed E-state index contributed by atoms with van der Waals surface area (Å²) in [5.41, 5.74) is 0.909. The van der Waals surface area contributed by atoms with Crippen molar-refractivity contribution in [2.75, 3.05) is 13.7 Å². The number of halogens is 1. The van der Waals surface area contributed by atoms with E-state index in [1.54, 1.807) is 30.2 Å². The second-order valence-corrected chi connectivity index (χ2v) is 7.53. The fourth-order valence-corrected chi connectivity index (χ4v) is 4.29. The third-order valence-electron chi connectivity index (χ3n) is 3.49. The lowest BCUT2D eigenvalue weighted by atomic mass is 10.2. The molecule has 2 heterocycles. The summed E-state index contributed by atoms with van der Waals surface area (Å²) in [7, 11) is 1.72. The van der Waals surface area contributed by atoms with Crippen LogP contribution in [0.1, 0.15) is 11.3 Å². The van der Waals surface area contributed by atoms with Gasteiger partial charge in [-0.3, -0.25) is 0 Å². The fourth-order valence-electron chi connectivity index (χ4n) is 2.34. The van der Waals surface area contributed by atoms with Gasteiger partial charge in [0.25, 0.3) is 0 Å². The minimum absolute atomic E-state index is 0.688. The lowest BCUT2D eigenvalue weighted by molar-refractivity contribution is 0.189. The van der Waals surface area contributed by atoms with Crippen LogP contribution in [0, 0.1) is 0 Å². The van der Waals surface area contributed by atoms with Crippen molar-refractivity contribution in [2.24, 2.45) is 0 Å². The average molecular weight is 380 g/mol. The Morgan fingerprint density at radius 3 is 2.83 bits per heavy atom. The number of hydrogen-bond donors (Lipinski definition) is 0. The van der Waals surface area contributed by atoms with Crippen LogP contribution in [0.25, 0.3) is 11.4 Å². The van der Waals surface area contributed by atoms with Gasteiger partial charge in [0.15, 0.2) is 11.0 Å². The first-order chi connectivity index (χ1) is 11.8. The highest BCUT2D eigenvalue weighted by Gasteiger charge is 2.16. The molecule has 24 heavy (non-hydrogen) atoms. The standard InChI is InChI=1S/C17H18ClN3OS2/c1-22-10-5-9-21-16(14-7-2-3-8-15(14)18)19-20-17(21)24-12-13-6-4-11-23-13/h2-4,6-8,11H,5,9-10,12H2,1H3. The van der Waals surface area contributed by atoms with Gasteiger partial charge < -0.3 is 9.30 Å². The molecule has 0 N–H and O–H groups in total. The largest absolute Gasteiger partial charge is 0.385 e. The van der Waals surface area contributed by atoms with Crippen LogP contribution in [-0.2, 0) is 17.0 Å². The Balaban J connectivity index is 1.86. The Labute approximate surface area is 154 Å². The number of hydrogen-bond acceptors (Lipinski definition) is 5. The highest BCUT2D eigenvalue weighted by atomic mass is 35.5. The van der Waals surface area contributed by atoms with E-state index in [0.29, 0.717) is 11.6 Å². The number of nitrogens with zero attached hydrogens (tertiary/aromatic N) is 3. The minimum atomic E-state index is 0.688. The Bertz CT molecular complexity index is 774. The van der Waals surface area contributed by atoms with Gasteiger partial charge >= 0.3 is 0 Å². The van der Waals surface area contributed by atoms with E-state index in [2.05, 4.69) is 32.3 Å². The Kier molecular flexibility index (Phi) is 6.31. The van der Waals surface area contributed by atoms with Gasteiger partial charge in [0.1, 0.15) is 0 Å². The van der Waals surface area contributed by atoms with E-state index in [0.717, 1.165) is 35.3 Å². The second-order valence-electron chi connectivity index (χ2n) is 5.15. The van der Waals surface area contributed by atoms with Gasteiger partial charge in [0.2, 0.25) is 0 Å². The van der Waals surface area contributed by atoms with Crippen molar-refractivity contribution in [3.8, 4) is 11.4 Å². The molecule has 0 fully saturated rings. The number of methoxy groups -OCH3 is 1. The van der Waals surface area contributed by atoms with E-state index in [-0.39, 0.29) is 0 Å². The monoisotopic (exact) mass is 379 g/mol. The average Bonchev–Trinajstić information content (AvgIpc) is 3.23. The maximum Gasteiger partial charge on any atom is 0.191 e. The summed E-state index contributed by atoms with van der Waals surface area (Å²) in [6, 6.07) is 11.9. The van der Waals surface area contributed by atoms with Gasteiger partial charge in [0.05, 0.1) is 5.02 Å². The zero-order valence-corrected chi connectivity index (χ0v) is 15.7. The van der Waals surface area contributed by atoms with E-state index in [4.69, 9.17) is 16.3 Å². The van der Waals surface area contributed by atoms with E-state index >= 15 is 0 Å². The molecule has 0 aliphatic heterocycles. The lowest BCUT2D eigenvalue weighted by Gasteiger charge is -2.10. The van der Waals surface area contributed by atoms with E-state index in [9.17, 15) is 0 Å². The van der Waals surface area contributed by atoms with Crippen molar-refractivity contribution in [2.45, 2.75) is 23.9 Å². The first kappa shape index (κ1) is 17.5. The van der Waals surface area contributed by atoms with Gasteiger partial charge in [-0.15, -0.1) is 21.5 Å². The molecule has 1 aromatic carbocycles. The second kappa shape index (κ2) is 8.67. The maximum atomic E-state index is 6.35. The van der Waals surface area contributed by atoms with Crippen molar-refractivity contribution in [1.29, 1.82) is 0 Å². The summed E-state index contributed by atoms with van der Waals surface area (Å²) >= 11 is 9.80. The molecule has 4 nitrogen and oxygen atoms in total. The van der Waals surface area contributed by atoms with Crippen LogP contribution in [0.4, 0.5) is 0 Å². The fraction of sp³-hybridized carbons (Fsp3) is 0.294. The van der Waals surface area contributed by atoms with Crippen molar-refractivity contribution in [3.05, 3.63) is 51.7 Å². The topological polar surface area (TPSA) is 39.9 Å². The molecule has 0 spiro atoms. The number of ether oxygens (including phenoxy) is 1. The SMILES string of the molecule is COCCCn1c(SCc2cccs2)nnc1-c1ccccc1Cl. The van der Waals surface area contributed by atoms with Crippen LogP contribution < -0.4 is 0 Å². The Morgan fingerprint density at radius 1 is 1.21 bits per heavy atom. The highest BCUT2D eigenvalue weighted by Crippen LogP contribution is 2.31. The van der Waals surface area contributed by atoms with Crippen LogP contribution in [0.5, 0.6) is 0 Å². The molecule has 0 saturated carbocycles. The molecule has 0 radical (unpaired) electrons. The highest BCUT2D eigenvalue weighted by molar-refractivity contribution is 7.98. The van der Waals surface area contributed by atoms with Crippen LogP contribution in [-0.4, -0.2) is 28.5 Å². The van der Waals surface area contributed by atoms with Crippen molar-refractivity contribution < 1.29 is 4.74 Å². The summed E-state index contributed by atoms with van der Waals surface area (Å²) in [6.07, 6.45) is 0.901. The number of rotatable bonds is 8. The third kappa shape index (κ3) is 4.19. The predicted molar refractivity (Wildman–Crippen MR) is 101 cm³/mol. The summed E-state index contributed by atoms with van der Waals surface area (Å²) in [6.45, 7) is 1.50. The number of thioether (sulfide) groups is 1. The number of aromatic nitrogens is 3. The molecule has 0 saturated heterocycles. The van der Waals surface area contributed by atoms with Crippen LogP contribution in [0.2, 0.25) is 5.02 Å². The zero-order valence-electron chi connectivity index (χ0n) is 13.3. The molecule has 2 aromatic heterocycles. The molecule has 0 atom stereocenters. The van der Waals surface area contributed by atoms with Crippen LogP contribution in [0.3, 0.4) is 0 Å². The van der Waals surface area contributed by atoms with Crippen LogP contribution in [0.15, 0.2) is 46.9 Å². The molecule has 7 heteroatoms. The van der Waals surface area contributed by atoms with Crippen molar-refractivity contribution in [3.63, 3.8) is 0 Å². The Morgan fingerprint density at radius 2 is 2.08 bits per heavy atom. The normalized spacial score (nSPS) is 11.1. The van der Waals surface area contributed by atoms with E-state index in [1.807, 2.05) is 24.3 Å². The van der Waals surface area contributed by atoms with Gasteiger partial charge in [-0.2, -0.15) is 0 Å². The molecule has 0 aliphatic rings. The maximum absolute atomic E-state index is 6.35. The molecule has 126 valence electrons. The Hall–Kier alpha value is -1.34. The van der Waals surface area contributed by atoms with Gasteiger partial charge in [-0.1, -0.05) is 41.6 Å². The predicted octanol–water partition coefficient (Wildman–Crippen LogP) is 4.99. The van der Waals surface area contributed by atoms with Gasteiger partial charge in [0, 0.05) is 36.5 Å². The van der Waals surface area contributed by atoms with Crippen molar-refractivity contribution in [1.82, 2.24) is 14.8 Å². The zero-order chi connectivity index (χ0) is 16.8. The van der Waals surface area contributed by atoms with Crippen molar-refractivity contribution >= 4 is 34.7 Å². The van der Waals surface area contributed by atoms with Crippen LogP contribution >= 0.6 is 34.7 Å². The van der Waals surface area contributed by atoms with E-state index in [1.165, 1.54) is 4.88 Å². The van der Waals surface area contributed by atoms with E-state index < -0.39 is 0 Å². The number of thiophene rings is 1. The minimum Gasteiger partial charge on any atom is -0.385 e. The molecular weight excluding hydrogens is 362 g/mol. The molecule has 0 aliphatic carbocycles. The number of benzene rings is 1. The molecule has 0 bridgehead atoms. The van der Waals surface area contributed by atoms with Gasteiger partial charge in [-0.05, 0) is 30.0 Å². The summed E-state index contributed by atoms with van der Waals surface area (Å²) < 4.78 is 7.32. The first-order valence-corrected chi connectivity index (χ1v) is 9.86. The molecule has 0 unspecified atom stereocenters. The smallest absolute Gasteiger partial charge is 0.191 e. The third-order valence-corrected chi connectivity index (χ3v) is 5.89. The summed E-state index contributed by atoms with van der Waals surface area (Å²) in [5, 5.41) is 12.5. The molecular formula is C17H18ClN3OS2. The molecule has 3 aromatic rings.